The van der Waals surface area contributed by atoms with E-state index in [-0.39, 0.29) is 6.04 Å². The third-order valence-electron chi connectivity index (χ3n) is 3.76. The van der Waals surface area contributed by atoms with Crippen molar-refractivity contribution in [3.05, 3.63) is 59.7 Å². The zero-order chi connectivity index (χ0) is 17.4. The van der Waals surface area contributed by atoms with Gasteiger partial charge in [-0.2, -0.15) is 0 Å². The lowest BCUT2D eigenvalue weighted by atomic mass is 10.0. The van der Waals surface area contributed by atoms with Gasteiger partial charge in [-0.3, -0.25) is 0 Å². The van der Waals surface area contributed by atoms with Crippen LogP contribution in [0.2, 0.25) is 0 Å². The molecule has 0 aromatic heterocycles. The molecule has 0 amide bonds. The number of hydrogen-bond acceptors (Lipinski definition) is 6. The van der Waals surface area contributed by atoms with Crippen LogP contribution in [0, 0.1) is 0 Å². The standard InChI is InChI=1S/C18H23NO4S/c1-13(19-14(2)16-7-5-4-6-8-16)11-15-9-10-17(21-3)18(12-15)24-23-22-20/h4-10,12-14,19-20H,11H2,1-3H3/t13-,14-/m1/s1. The van der Waals surface area contributed by atoms with Gasteiger partial charge in [0.05, 0.1) is 24.0 Å². The maximum absolute atomic E-state index is 8.32. The fourth-order valence-corrected chi connectivity index (χ4v) is 3.18. The lowest BCUT2D eigenvalue weighted by Gasteiger charge is -2.21. The summed E-state index contributed by atoms with van der Waals surface area (Å²) in [7, 11) is 1.59. The molecule has 0 bridgehead atoms. The molecule has 0 aliphatic heterocycles. The molecule has 2 aromatic rings. The normalized spacial score (nSPS) is 13.5. The van der Waals surface area contributed by atoms with Crippen molar-refractivity contribution in [2.75, 3.05) is 7.11 Å². The third-order valence-corrected chi connectivity index (χ3v) is 4.39. The van der Waals surface area contributed by atoms with E-state index in [1.165, 1.54) is 5.56 Å². The molecular weight excluding hydrogens is 326 g/mol. The quantitative estimate of drug-likeness (QED) is 0.397. The van der Waals surface area contributed by atoms with Gasteiger partial charge in [0.15, 0.2) is 0 Å². The van der Waals surface area contributed by atoms with E-state index in [0.29, 0.717) is 11.8 Å². The van der Waals surface area contributed by atoms with Crippen LogP contribution < -0.4 is 10.1 Å². The van der Waals surface area contributed by atoms with E-state index in [4.69, 9.17) is 9.99 Å². The predicted molar refractivity (Wildman–Crippen MR) is 94.8 cm³/mol. The van der Waals surface area contributed by atoms with Crippen LogP contribution in [0.15, 0.2) is 53.4 Å². The molecule has 0 saturated carbocycles. The van der Waals surface area contributed by atoms with Gasteiger partial charge >= 0.3 is 0 Å². The number of hydrogen-bond donors (Lipinski definition) is 2. The Balaban J connectivity index is 1.99. The molecule has 0 spiro atoms. The van der Waals surface area contributed by atoms with Gasteiger partial charge < -0.3 is 10.1 Å². The van der Waals surface area contributed by atoms with Crippen LogP contribution in [-0.2, 0) is 15.8 Å². The monoisotopic (exact) mass is 349 g/mol. The summed E-state index contributed by atoms with van der Waals surface area (Å²) in [4.78, 5) is 0.743. The highest BCUT2D eigenvalue weighted by Gasteiger charge is 2.12. The Morgan fingerprint density at radius 2 is 1.88 bits per heavy atom. The fourth-order valence-electron chi connectivity index (χ4n) is 2.64. The van der Waals surface area contributed by atoms with Crippen molar-refractivity contribution >= 4 is 12.0 Å². The van der Waals surface area contributed by atoms with Crippen molar-refractivity contribution in [2.45, 2.75) is 37.2 Å². The third kappa shape index (κ3) is 5.51. The number of benzene rings is 2. The van der Waals surface area contributed by atoms with Gasteiger partial charge in [-0.1, -0.05) is 41.4 Å². The molecule has 0 heterocycles. The number of methoxy groups -OCH3 is 1. The summed E-state index contributed by atoms with van der Waals surface area (Å²) in [6, 6.07) is 16.8. The average Bonchev–Trinajstić information content (AvgIpc) is 2.60. The van der Waals surface area contributed by atoms with Crippen LogP contribution in [0.25, 0.3) is 0 Å². The first-order chi connectivity index (χ1) is 11.6. The maximum atomic E-state index is 8.32. The Morgan fingerprint density at radius 3 is 2.54 bits per heavy atom. The average molecular weight is 349 g/mol. The van der Waals surface area contributed by atoms with E-state index in [9.17, 15) is 0 Å². The van der Waals surface area contributed by atoms with Crippen molar-refractivity contribution < 1.29 is 19.4 Å². The fraction of sp³-hybridized carbons (Fsp3) is 0.333. The van der Waals surface area contributed by atoms with Crippen LogP contribution in [0.3, 0.4) is 0 Å². The van der Waals surface area contributed by atoms with Crippen LogP contribution in [-0.4, -0.2) is 18.4 Å². The minimum absolute atomic E-state index is 0.277. The van der Waals surface area contributed by atoms with E-state index in [0.717, 1.165) is 28.9 Å². The summed E-state index contributed by atoms with van der Waals surface area (Å²) < 4.78 is 9.79. The van der Waals surface area contributed by atoms with E-state index < -0.39 is 0 Å². The second-order valence-electron chi connectivity index (χ2n) is 5.62. The summed E-state index contributed by atoms with van der Waals surface area (Å²) in [6.45, 7) is 4.32. The molecule has 0 saturated heterocycles. The molecule has 6 heteroatoms. The minimum Gasteiger partial charge on any atom is -0.495 e. The highest BCUT2D eigenvalue weighted by molar-refractivity contribution is 7.94. The van der Waals surface area contributed by atoms with Gasteiger partial charge in [0, 0.05) is 12.1 Å². The van der Waals surface area contributed by atoms with Gasteiger partial charge in [0.1, 0.15) is 5.75 Å². The van der Waals surface area contributed by atoms with Crippen LogP contribution in [0.1, 0.15) is 31.0 Å². The lowest BCUT2D eigenvalue weighted by molar-refractivity contribution is -0.432. The molecule has 2 rings (SSSR count). The van der Waals surface area contributed by atoms with Crippen LogP contribution >= 0.6 is 12.0 Å². The minimum atomic E-state index is 0.277. The number of rotatable bonds is 9. The molecule has 2 N–H and O–H groups in total. The van der Waals surface area contributed by atoms with E-state index in [2.05, 4.69) is 40.7 Å². The smallest absolute Gasteiger partial charge is 0.134 e. The molecule has 130 valence electrons. The number of nitrogens with one attached hydrogen (secondary N) is 1. The van der Waals surface area contributed by atoms with Gasteiger partial charge in [0.25, 0.3) is 0 Å². The Kier molecular flexibility index (Phi) is 7.55. The predicted octanol–water partition coefficient (Wildman–Crippen LogP) is 4.41. The highest BCUT2D eigenvalue weighted by atomic mass is 32.2. The first kappa shape index (κ1) is 18.8. The highest BCUT2D eigenvalue weighted by Crippen LogP contribution is 2.31. The van der Waals surface area contributed by atoms with E-state index >= 15 is 0 Å². The summed E-state index contributed by atoms with van der Waals surface area (Å²) in [5.41, 5.74) is 2.41. The van der Waals surface area contributed by atoms with Crippen molar-refractivity contribution in [3.63, 3.8) is 0 Å². The summed E-state index contributed by atoms with van der Waals surface area (Å²) in [6.07, 6.45) is 0.856. The largest absolute Gasteiger partial charge is 0.495 e. The maximum Gasteiger partial charge on any atom is 0.134 e. The molecule has 24 heavy (non-hydrogen) atoms. The molecule has 5 nitrogen and oxygen atoms in total. The second kappa shape index (κ2) is 9.66. The second-order valence-corrected chi connectivity index (χ2v) is 6.36. The molecular formula is C18H23NO4S. The van der Waals surface area contributed by atoms with Crippen molar-refractivity contribution in [1.82, 2.24) is 5.32 Å². The SMILES string of the molecule is COc1ccc(C[C@@H](C)N[C@H](C)c2ccccc2)cc1SOOO. The van der Waals surface area contributed by atoms with Gasteiger partial charge in [-0.15, -0.1) is 4.33 Å². The van der Waals surface area contributed by atoms with E-state index in [1.54, 1.807) is 7.11 Å². The zero-order valence-corrected chi connectivity index (χ0v) is 14.9. The molecule has 0 unspecified atom stereocenters. The molecule has 2 aromatic carbocycles. The van der Waals surface area contributed by atoms with Gasteiger partial charge in [-0.25, -0.2) is 5.26 Å². The Hall–Kier alpha value is -1.57. The molecule has 0 aliphatic carbocycles. The summed E-state index contributed by atoms with van der Waals surface area (Å²) in [5, 5.41) is 15.6. The lowest BCUT2D eigenvalue weighted by Crippen LogP contribution is -2.30. The first-order valence-corrected chi connectivity index (χ1v) is 8.51. The molecule has 2 atom stereocenters. The first-order valence-electron chi connectivity index (χ1n) is 7.76. The van der Waals surface area contributed by atoms with Crippen LogP contribution in [0.4, 0.5) is 0 Å². The van der Waals surface area contributed by atoms with Crippen molar-refractivity contribution in [2.24, 2.45) is 0 Å². The van der Waals surface area contributed by atoms with Crippen molar-refractivity contribution in [3.8, 4) is 5.75 Å². The topological polar surface area (TPSA) is 60.0 Å². The summed E-state index contributed by atoms with van der Waals surface area (Å²) in [5.74, 6) is 0.666. The summed E-state index contributed by atoms with van der Waals surface area (Å²) >= 11 is 0.906. The van der Waals surface area contributed by atoms with Gasteiger partial charge in [0.2, 0.25) is 0 Å². The van der Waals surface area contributed by atoms with Crippen molar-refractivity contribution in [1.29, 1.82) is 0 Å². The Bertz CT molecular complexity index is 624. The van der Waals surface area contributed by atoms with E-state index in [1.807, 2.05) is 36.4 Å². The molecule has 0 fully saturated rings. The Labute approximate surface area is 147 Å². The zero-order valence-electron chi connectivity index (χ0n) is 14.1. The molecule has 0 radical (unpaired) electrons. The molecule has 0 aliphatic rings. The Morgan fingerprint density at radius 1 is 1.12 bits per heavy atom. The van der Waals surface area contributed by atoms with Crippen LogP contribution in [0.5, 0.6) is 5.75 Å². The number of ether oxygens (including phenoxy) is 1. The van der Waals surface area contributed by atoms with Gasteiger partial charge in [-0.05, 0) is 43.5 Å².